The molecule has 0 bridgehead atoms. The van der Waals surface area contributed by atoms with Gasteiger partial charge in [-0.05, 0) is 51.1 Å². The van der Waals surface area contributed by atoms with Crippen molar-refractivity contribution in [1.29, 1.82) is 0 Å². The molecule has 2 saturated heterocycles. The minimum absolute atomic E-state index is 0.204. The summed E-state index contributed by atoms with van der Waals surface area (Å²) in [5.74, 6) is 2.06. The Morgan fingerprint density at radius 2 is 1.90 bits per heavy atom. The highest BCUT2D eigenvalue weighted by Crippen LogP contribution is 2.40. The van der Waals surface area contributed by atoms with Gasteiger partial charge in [0.05, 0.1) is 6.20 Å². The number of aromatic nitrogens is 5. The average molecular weight is 542 g/mol. The van der Waals surface area contributed by atoms with Gasteiger partial charge in [0.25, 0.3) is 5.91 Å². The number of carbonyl (C=O) groups excluding carboxylic acids is 1. The minimum Gasteiger partial charge on any atom is -0.359 e. The number of amides is 1. The van der Waals surface area contributed by atoms with Gasteiger partial charge in [-0.2, -0.15) is 0 Å². The molecule has 1 aromatic carbocycles. The predicted octanol–water partition coefficient (Wildman–Crippen LogP) is 4.54. The van der Waals surface area contributed by atoms with Crippen LogP contribution in [0.4, 0.5) is 23.3 Å². The number of anilines is 4. The fourth-order valence-corrected chi connectivity index (χ4v) is 5.59. The van der Waals surface area contributed by atoms with Crippen LogP contribution >= 0.6 is 0 Å². The highest BCUT2D eigenvalue weighted by molar-refractivity contribution is 6.04. The number of hydrogen-bond acceptors (Lipinski definition) is 10. The smallest absolute Gasteiger partial charge is 0.256 e. The molecule has 4 aromatic rings. The van der Waals surface area contributed by atoms with Gasteiger partial charge in [0, 0.05) is 47.8 Å². The van der Waals surface area contributed by atoms with Crippen LogP contribution in [0, 0.1) is 12.3 Å². The highest BCUT2D eigenvalue weighted by atomic mass is 16.5. The monoisotopic (exact) mass is 541 g/mol. The van der Waals surface area contributed by atoms with E-state index in [1.807, 2.05) is 33.8 Å². The van der Waals surface area contributed by atoms with Crippen molar-refractivity contribution < 1.29 is 9.32 Å². The molecule has 1 amide bonds. The molecule has 1 spiro atoms. The first-order valence-corrected chi connectivity index (χ1v) is 13.7. The van der Waals surface area contributed by atoms with Crippen molar-refractivity contribution in [2.75, 3.05) is 48.8 Å². The number of carbonyl (C=O) groups is 1. The van der Waals surface area contributed by atoms with Gasteiger partial charge in [-0.15, -0.1) is 0 Å². The molecule has 0 aliphatic carbocycles. The molecule has 208 valence electrons. The molecule has 11 nitrogen and oxygen atoms in total. The van der Waals surface area contributed by atoms with E-state index in [-0.39, 0.29) is 11.3 Å². The number of rotatable bonds is 5. The first-order valence-electron chi connectivity index (χ1n) is 13.7. The first kappa shape index (κ1) is 26.1. The van der Waals surface area contributed by atoms with E-state index in [1.165, 1.54) is 12.7 Å². The van der Waals surface area contributed by atoms with E-state index in [9.17, 15) is 4.79 Å². The Kier molecular flexibility index (Phi) is 6.41. The van der Waals surface area contributed by atoms with Gasteiger partial charge in [0.15, 0.2) is 11.6 Å². The van der Waals surface area contributed by atoms with Gasteiger partial charge in [-0.3, -0.25) is 4.79 Å². The Hall–Kier alpha value is -4.12. The van der Waals surface area contributed by atoms with Crippen molar-refractivity contribution in [3.8, 4) is 0 Å². The fourth-order valence-electron chi connectivity index (χ4n) is 5.59. The summed E-state index contributed by atoms with van der Waals surface area (Å²) in [6, 6.07) is 7.23. The second-order valence-electron chi connectivity index (χ2n) is 12.2. The van der Waals surface area contributed by atoms with E-state index in [1.54, 1.807) is 24.4 Å². The molecule has 1 atom stereocenters. The summed E-state index contributed by atoms with van der Waals surface area (Å²) < 4.78 is 5.40. The van der Waals surface area contributed by atoms with E-state index in [4.69, 9.17) is 9.51 Å². The van der Waals surface area contributed by atoms with E-state index >= 15 is 0 Å². The lowest BCUT2D eigenvalue weighted by molar-refractivity contribution is 0.102. The van der Waals surface area contributed by atoms with Gasteiger partial charge in [-0.25, -0.2) is 19.9 Å². The maximum atomic E-state index is 13.0. The standard InChI is InChI=1S/C29H35N9O2/c1-18-6-7-19(26(39)34-23-13-22(40-36-23)28(2,3)4)12-20(18)33-25-24-21(31-17-32-25)14-30-27(35-24)38-11-9-29(16-38)8-10-37(5)15-29/h6-7,12-14,17H,8-11,15-16H2,1-5H3,(H,31,32,33)(H,34,36,39). The van der Waals surface area contributed by atoms with E-state index in [0.29, 0.717) is 45.4 Å². The highest BCUT2D eigenvalue weighted by Gasteiger charge is 2.43. The Labute approximate surface area is 233 Å². The summed E-state index contributed by atoms with van der Waals surface area (Å²) in [6.45, 7) is 12.2. The van der Waals surface area contributed by atoms with Crippen molar-refractivity contribution in [2.24, 2.45) is 5.41 Å². The second kappa shape index (κ2) is 9.81. The number of aryl methyl sites for hydroxylation is 1. The quantitative estimate of drug-likeness (QED) is 0.372. The van der Waals surface area contributed by atoms with Gasteiger partial charge >= 0.3 is 0 Å². The zero-order valence-electron chi connectivity index (χ0n) is 23.7. The molecule has 0 radical (unpaired) electrons. The summed E-state index contributed by atoms with van der Waals surface area (Å²) in [5.41, 5.74) is 3.60. The van der Waals surface area contributed by atoms with E-state index in [0.717, 1.165) is 43.9 Å². The summed E-state index contributed by atoms with van der Waals surface area (Å²) in [5, 5.41) is 10.2. The number of benzene rings is 1. The number of nitrogens with zero attached hydrogens (tertiary/aromatic N) is 7. The molecule has 2 aliphatic heterocycles. The van der Waals surface area contributed by atoms with Crippen LogP contribution in [0.5, 0.6) is 0 Å². The van der Waals surface area contributed by atoms with Gasteiger partial charge in [0.1, 0.15) is 23.1 Å². The molecule has 11 heteroatoms. The van der Waals surface area contributed by atoms with Crippen LogP contribution < -0.4 is 15.5 Å². The van der Waals surface area contributed by atoms with Crippen molar-refractivity contribution in [1.82, 2.24) is 30.0 Å². The fraction of sp³-hybridized carbons (Fsp3) is 0.448. The molecule has 2 aliphatic rings. The summed E-state index contributed by atoms with van der Waals surface area (Å²) in [7, 11) is 2.19. The van der Waals surface area contributed by atoms with Crippen LogP contribution in [0.15, 0.2) is 41.3 Å². The summed E-state index contributed by atoms with van der Waals surface area (Å²) in [4.78, 5) is 36.2. The predicted molar refractivity (Wildman–Crippen MR) is 154 cm³/mol. The third-order valence-electron chi connectivity index (χ3n) is 7.96. The molecule has 2 fully saturated rings. The zero-order valence-corrected chi connectivity index (χ0v) is 23.7. The van der Waals surface area contributed by atoms with Crippen molar-refractivity contribution in [2.45, 2.75) is 46.0 Å². The Bertz CT molecular complexity index is 1580. The molecular formula is C29H35N9O2. The molecule has 3 aromatic heterocycles. The van der Waals surface area contributed by atoms with Crippen LogP contribution in [0.2, 0.25) is 0 Å². The number of fused-ring (bicyclic) bond motifs is 1. The van der Waals surface area contributed by atoms with Gasteiger partial charge < -0.3 is 25.0 Å². The maximum Gasteiger partial charge on any atom is 0.256 e. The Morgan fingerprint density at radius 3 is 2.65 bits per heavy atom. The number of hydrogen-bond donors (Lipinski definition) is 2. The van der Waals surface area contributed by atoms with Crippen LogP contribution in [0.3, 0.4) is 0 Å². The number of likely N-dealkylation sites (tertiary alicyclic amines) is 1. The Morgan fingerprint density at radius 1 is 1.07 bits per heavy atom. The van der Waals surface area contributed by atoms with Crippen LogP contribution in [0.1, 0.15) is 55.3 Å². The van der Waals surface area contributed by atoms with Gasteiger partial charge in [-0.1, -0.05) is 32.0 Å². The lowest BCUT2D eigenvalue weighted by atomic mass is 9.86. The second-order valence-corrected chi connectivity index (χ2v) is 12.2. The third-order valence-corrected chi connectivity index (χ3v) is 7.96. The molecular weight excluding hydrogens is 506 g/mol. The lowest BCUT2D eigenvalue weighted by Crippen LogP contribution is -2.30. The minimum atomic E-state index is -0.283. The number of nitrogens with one attached hydrogen (secondary N) is 2. The molecule has 40 heavy (non-hydrogen) atoms. The largest absolute Gasteiger partial charge is 0.359 e. The van der Waals surface area contributed by atoms with Crippen LogP contribution in [-0.4, -0.2) is 69.1 Å². The van der Waals surface area contributed by atoms with Crippen molar-refractivity contribution >= 4 is 40.2 Å². The molecule has 5 heterocycles. The van der Waals surface area contributed by atoms with Gasteiger partial charge in [0.2, 0.25) is 5.95 Å². The SMILES string of the molecule is Cc1ccc(C(=O)Nc2cc(C(C)(C)C)on2)cc1Nc1ncnc2cnc(N3CCC4(CCN(C)C4)C3)nc12. The topological polar surface area (TPSA) is 125 Å². The van der Waals surface area contributed by atoms with Crippen LogP contribution in [-0.2, 0) is 5.41 Å². The summed E-state index contributed by atoms with van der Waals surface area (Å²) in [6.07, 6.45) is 5.61. The zero-order chi connectivity index (χ0) is 28.1. The Balaban J connectivity index is 1.23. The first-order chi connectivity index (χ1) is 19.1. The normalized spacial score (nSPS) is 19.6. The van der Waals surface area contributed by atoms with E-state index in [2.05, 4.69) is 47.6 Å². The molecule has 1 unspecified atom stereocenters. The molecule has 0 saturated carbocycles. The average Bonchev–Trinajstić information content (AvgIpc) is 3.65. The lowest BCUT2D eigenvalue weighted by Gasteiger charge is -2.23. The van der Waals surface area contributed by atoms with E-state index < -0.39 is 0 Å². The summed E-state index contributed by atoms with van der Waals surface area (Å²) >= 11 is 0. The van der Waals surface area contributed by atoms with Crippen LogP contribution in [0.25, 0.3) is 11.0 Å². The van der Waals surface area contributed by atoms with Crippen molar-refractivity contribution in [3.63, 3.8) is 0 Å². The third kappa shape index (κ3) is 5.08. The van der Waals surface area contributed by atoms with Crippen molar-refractivity contribution in [3.05, 3.63) is 53.7 Å². The molecule has 6 rings (SSSR count). The maximum absolute atomic E-state index is 13.0. The molecule has 2 N–H and O–H groups in total.